The number of nitrogens with zero attached hydrogens (tertiary/aromatic N) is 1. The van der Waals surface area contributed by atoms with Crippen LogP contribution in [0.2, 0.25) is 0 Å². The molecule has 3 aromatic rings. The molecule has 0 bridgehead atoms. The Morgan fingerprint density at radius 3 is 2.10 bits per heavy atom. The number of nitrogens with one attached hydrogen (secondary N) is 3. The zero-order valence-corrected chi connectivity index (χ0v) is 29.5. The summed E-state index contributed by atoms with van der Waals surface area (Å²) in [6.07, 6.45) is 2.16. The van der Waals surface area contributed by atoms with Crippen molar-refractivity contribution in [1.29, 1.82) is 0 Å². The maximum atomic E-state index is 14.1. The molecule has 0 spiro atoms. The number of ether oxygens (including phenoxy) is 3. The summed E-state index contributed by atoms with van der Waals surface area (Å²) >= 11 is 0. The van der Waals surface area contributed by atoms with Crippen LogP contribution in [0.4, 0.5) is 9.59 Å². The lowest BCUT2D eigenvalue weighted by molar-refractivity contribution is -0.149. The van der Waals surface area contributed by atoms with Crippen molar-refractivity contribution in [2.75, 3.05) is 7.11 Å². The van der Waals surface area contributed by atoms with Crippen LogP contribution in [0.15, 0.2) is 60.8 Å². The highest BCUT2D eigenvalue weighted by molar-refractivity contribution is 5.95. The molecule has 0 radical (unpaired) electrons. The van der Waals surface area contributed by atoms with Gasteiger partial charge in [0, 0.05) is 18.0 Å². The Labute approximate surface area is 288 Å². The molecule has 2 aromatic carbocycles. The Morgan fingerprint density at radius 2 is 1.47 bits per heavy atom. The third-order valence-electron chi connectivity index (χ3n) is 7.61. The van der Waals surface area contributed by atoms with Crippen molar-refractivity contribution in [1.82, 2.24) is 20.5 Å². The van der Waals surface area contributed by atoms with E-state index < -0.39 is 53.7 Å². The first-order chi connectivity index (χ1) is 23.2. The van der Waals surface area contributed by atoms with Crippen molar-refractivity contribution in [2.45, 2.75) is 104 Å². The molecule has 0 aliphatic heterocycles. The van der Waals surface area contributed by atoms with Gasteiger partial charge in [0.2, 0.25) is 11.8 Å². The van der Waals surface area contributed by atoms with Gasteiger partial charge in [0.1, 0.15) is 30.3 Å². The average molecular weight is 679 g/mol. The van der Waals surface area contributed by atoms with Gasteiger partial charge in [-0.25, -0.2) is 14.4 Å². The van der Waals surface area contributed by atoms with Crippen LogP contribution in [0.3, 0.4) is 0 Å². The van der Waals surface area contributed by atoms with Crippen molar-refractivity contribution in [3.05, 3.63) is 71.9 Å². The first-order valence-electron chi connectivity index (χ1n) is 16.7. The summed E-state index contributed by atoms with van der Waals surface area (Å²) in [6, 6.07) is 13.1. The zero-order chi connectivity index (χ0) is 36.1. The summed E-state index contributed by atoms with van der Waals surface area (Å²) in [5.74, 6) is -1.81. The number of fused-ring (bicyclic) bond motifs is 1. The van der Waals surface area contributed by atoms with Gasteiger partial charge in [-0.2, -0.15) is 0 Å². The molecule has 3 amide bonds. The molecule has 0 unspecified atom stereocenters. The van der Waals surface area contributed by atoms with Crippen LogP contribution in [0.5, 0.6) is 0 Å². The minimum Gasteiger partial charge on any atom is -0.459 e. The molecular formula is C37H50N4O8. The molecule has 3 rings (SSSR count). The third kappa shape index (κ3) is 12.0. The van der Waals surface area contributed by atoms with Gasteiger partial charge in [-0.3, -0.25) is 14.2 Å². The summed E-state index contributed by atoms with van der Waals surface area (Å²) in [4.78, 5) is 66.5. The summed E-state index contributed by atoms with van der Waals surface area (Å²) in [7, 11) is 1.27. The number of rotatable bonds is 15. The van der Waals surface area contributed by atoms with E-state index in [4.69, 9.17) is 14.2 Å². The molecule has 0 fully saturated rings. The Hall–Kier alpha value is -4.87. The molecule has 266 valence electrons. The van der Waals surface area contributed by atoms with Gasteiger partial charge in [0.15, 0.2) is 0 Å². The van der Waals surface area contributed by atoms with E-state index >= 15 is 0 Å². The number of aromatic nitrogens is 1. The second-order valence-corrected chi connectivity index (χ2v) is 13.4. The van der Waals surface area contributed by atoms with Crippen LogP contribution in [-0.2, 0) is 41.6 Å². The maximum absolute atomic E-state index is 14.1. The lowest BCUT2D eigenvalue weighted by Gasteiger charge is -2.27. The van der Waals surface area contributed by atoms with E-state index in [1.165, 1.54) is 11.7 Å². The zero-order valence-electron chi connectivity index (χ0n) is 29.5. The number of hydrogen-bond donors (Lipinski definition) is 3. The highest BCUT2D eigenvalue weighted by Crippen LogP contribution is 2.23. The lowest BCUT2D eigenvalue weighted by Crippen LogP contribution is -2.57. The monoisotopic (exact) mass is 678 g/mol. The molecule has 3 N–H and O–H groups in total. The fraction of sp³-hybridized carbons (Fsp3) is 0.486. The Balaban J connectivity index is 1.94. The van der Waals surface area contributed by atoms with Gasteiger partial charge in [-0.1, -0.05) is 82.1 Å². The molecule has 0 saturated heterocycles. The fourth-order valence-electron chi connectivity index (χ4n) is 5.28. The number of benzene rings is 2. The van der Waals surface area contributed by atoms with Crippen molar-refractivity contribution in [3.8, 4) is 0 Å². The van der Waals surface area contributed by atoms with E-state index in [-0.39, 0.29) is 25.4 Å². The molecule has 0 aliphatic carbocycles. The van der Waals surface area contributed by atoms with E-state index in [0.29, 0.717) is 29.3 Å². The van der Waals surface area contributed by atoms with Crippen LogP contribution < -0.4 is 16.0 Å². The van der Waals surface area contributed by atoms with Gasteiger partial charge in [0.05, 0.1) is 12.6 Å². The van der Waals surface area contributed by atoms with Gasteiger partial charge in [-0.05, 0) is 56.7 Å². The molecule has 12 heteroatoms. The third-order valence-corrected chi connectivity index (χ3v) is 7.61. The lowest BCUT2D eigenvalue weighted by atomic mass is 10.0. The topological polar surface area (TPSA) is 154 Å². The predicted molar refractivity (Wildman–Crippen MR) is 186 cm³/mol. The van der Waals surface area contributed by atoms with Gasteiger partial charge < -0.3 is 30.2 Å². The molecule has 12 nitrogen and oxygen atoms in total. The van der Waals surface area contributed by atoms with Crippen LogP contribution in [0, 0.1) is 5.92 Å². The molecule has 49 heavy (non-hydrogen) atoms. The van der Waals surface area contributed by atoms with E-state index in [1.54, 1.807) is 51.2 Å². The second kappa shape index (κ2) is 18.0. The number of amides is 3. The van der Waals surface area contributed by atoms with Crippen LogP contribution >= 0.6 is 0 Å². The summed E-state index contributed by atoms with van der Waals surface area (Å²) in [6.45, 7) is 11.0. The second-order valence-electron chi connectivity index (χ2n) is 13.4. The smallest absolute Gasteiger partial charge is 0.418 e. The van der Waals surface area contributed by atoms with Crippen molar-refractivity contribution >= 4 is 40.9 Å². The summed E-state index contributed by atoms with van der Waals surface area (Å²) < 4.78 is 17.3. The SMILES string of the molecule is CCCC[C@@H](NC(=O)[C@@H](Cc1cn(C(=O)OC)c2ccccc12)NC(=O)[C@H](CC(C)C)NC(=O)OC(C)(C)C)C(=O)OCc1ccccc1. The molecule has 1 heterocycles. The van der Waals surface area contributed by atoms with Crippen molar-refractivity contribution in [2.24, 2.45) is 5.92 Å². The highest BCUT2D eigenvalue weighted by atomic mass is 16.6. The number of para-hydroxylation sites is 1. The first kappa shape index (κ1) is 38.6. The molecule has 1 aromatic heterocycles. The van der Waals surface area contributed by atoms with E-state index in [1.807, 2.05) is 51.1 Å². The molecular weight excluding hydrogens is 628 g/mol. The summed E-state index contributed by atoms with van der Waals surface area (Å²) in [5, 5.41) is 8.95. The van der Waals surface area contributed by atoms with Crippen LogP contribution in [-0.4, -0.2) is 65.4 Å². The number of carbonyl (C=O) groups excluding carboxylic acids is 5. The van der Waals surface area contributed by atoms with Gasteiger partial charge in [-0.15, -0.1) is 0 Å². The van der Waals surface area contributed by atoms with Crippen LogP contribution in [0.25, 0.3) is 10.9 Å². The maximum Gasteiger partial charge on any atom is 0.418 e. The number of methoxy groups -OCH3 is 1. The summed E-state index contributed by atoms with van der Waals surface area (Å²) in [5.41, 5.74) is 1.15. The van der Waals surface area contributed by atoms with Crippen molar-refractivity contribution < 1.29 is 38.2 Å². The van der Waals surface area contributed by atoms with E-state index in [0.717, 1.165) is 12.0 Å². The number of esters is 1. The fourth-order valence-corrected chi connectivity index (χ4v) is 5.28. The molecule has 3 atom stereocenters. The Morgan fingerprint density at radius 1 is 0.837 bits per heavy atom. The first-order valence-corrected chi connectivity index (χ1v) is 16.7. The number of carbonyl (C=O) groups is 5. The van der Waals surface area contributed by atoms with E-state index in [2.05, 4.69) is 16.0 Å². The molecule has 0 aliphatic rings. The van der Waals surface area contributed by atoms with E-state index in [9.17, 15) is 24.0 Å². The minimum absolute atomic E-state index is 0.00815. The Bertz CT molecular complexity index is 1580. The quantitative estimate of drug-likeness (QED) is 0.138. The standard InChI is InChI=1S/C37H50N4O8/c1-8-9-18-28(34(44)48-23-25-15-11-10-12-16-25)38-33(43)30(21-26-22-41(36(46)47-7)31-19-14-13-17-27(26)31)39-32(42)29(20-24(2)3)40-35(45)49-37(4,5)6/h10-17,19,22,24,28-30H,8-9,18,20-21,23H2,1-7H3,(H,38,43)(H,39,42)(H,40,45)/t28-,29+,30-/m1/s1. The highest BCUT2D eigenvalue weighted by Gasteiger charge is 2.32. The number of hydrogen-bond acceptors (Lipinski definition) is 8. The largest absolute Gasteiger partial charge is 0.459 e. The number of unbranched alkanes of at least 4 members (excludes halogenated alkanes) is 1. The average Bonchev–Trinajstić information content (AvgIpc) is 3.42. The van der Waals surface area contributed by atoms with Gasteiger partial charge in [0.25, 0.3) is 0 Å². The minimum atomic E-state index is -1.20. The van der Waals surface area contributed by atoms with Gasteiger partial charge >= 0.3 is 18.2 Å². The predicted octanol–water partition coefficient (Wildman–Crippen LogP) is 5.64. The molecule has 0 saturated carbocycles. The Kier molecular flexibility index (Phi) is 14.2. The number of alkyl carbamates (subject to hydrolysis) is 1. The van der Waals surface area contributed by atoms with Crippen LogP contribution in [0.1, 0.15) is 78.4 Å². The van der Waals surface area contributed by atoms with Crippen molar-refractivity contribution in [3.63, 3.8) is 0 Å². The normalized spacial score (nSPS) is 13.2.